The second-order valence-electron chi connectivity index (χ2n) is 4.98. The Morgan fingerprint density at radius 2 is 1.96 bits per heavy atom. The molecule has 2 aromatic rings. The Morgan fingerprint density at radius 3 is 2.67 bits per heavy atom. The topological polar surface area (TPSA) is 67.4 Å². The number of aryl methyl sites for hydroxylation is 1. The summed E-state index contributed by atoms with van der Waals surface area (Å²) >= 11 is 5.83. The largest absolute Gasteiger partial charge is 0.496 e. The summed E-state index contributed by atoms with van der Waals surface area (Å²) in [6.45, 7) is 0. The SMILES string of the molecule is COc1cc(Cl)ccc1C(=O)NNC(=O)CCc1cccc(F)c1. The Labute approximate surface area is 143 Å². The first kappa shape index (κ1) is 17.7. The van der Waals surface area contributed by atoms with Crippen molar-refractivity contribution in [3.8, 4) is 5.75 Å². The zero-order valence-electron chi connectivity index (χ0n) is 12.9. The molecule has 0 spiro atoms. The maximum Gasteiger partial charge on any atom is 0.273 e. The Balaban J connectivity index is 1.86. The molecule has 5 nitrogen and oxygen atoms in total. The van der Waals surface area contributed by atoms with Crippen molar-refractivity contribution < 1.29 is 18.7 Å². The average molecular weight is 351 g/mol. The molecule has 0 aliphatic heterocycles. The van der Waals surface area contributed by atoms with Gasteiger partial charge in [-0.25, -0.2) is 4.39 Å². The third-order valence-corrected chi connectivity index (χ3v) is 3.49. The summed E-state index contributed by atoms with van der Waals surface area (Å²) in [6.07, 6.45) is 0.477. The van der Waals surface area contributed by atoms with E-state index in [1.165, 1.54) is 31.4 Å². The van der Waals surface area contributed by atoms with Crippen LogP contribution in [-0.2, 0) is 11.2 Å². The number of carbonyl (C=O) groups excluding carboxylic acids is 2. The number of hydrogen-bond acceptors (Lipinski definition) is 3. The van der Waals surface area contributed by atoms with Crippen LogP contribution in [0.5, 0.6) is 5.75 Å². The molecule has 2 N–H and O–H groups in total. The lowest BCUT2D eigenvalue weighted by Crippen LogP contribution is -2.41. The molecule has 0 saturated heterocycles. The fourth-order valence-corrected chi connectivity index (χ4v) is 2.22. The Morgan fingerprint density at radius 1 is 1.17 bits per heavy atom. The van der Waals surface area contributed by atoms with E-state index < -0.39 is 5.91 Å². The molecule has 0 aliphatic carbocycles. The normalized spacial score (nSPS) is 10.1. The molecule has 24 heavy (non-hydrogen) atoms. The third-order valence-electron chi connectivity index (χ3n) is 3.25. The Kier molecular flexibility index (Phi) is 6.14. The van der Waals surface area contributed by atoms with Gasteiger partial charge in [0, 0.05) is 11.4 Å². The second-order valence-corrected chi connectivity index (χ2v) is 5.41. The minimum Gasteiger partial charge on any atom is -0.496 e. The Bertz CT molecular complexity index is 752. The fraction of sp³-hybridized carbons (Fsp3) is 0.176. The average Bonchev–Trinajstić information content (AvgIpc) is 2.57. The number of amides is 2. The summed E-state index contributed by atoms with van der Waals surface area (Å²) in [5.41, 5.74) is 5.56. The van der Waals surface area contributed by atoms with Gasteiger partial charge < -0.3 is 4.74 Å². The molecule has 0 heterocycles. The molecule has 0 radical (unpaired) electrons. The number of carbonyl (C=O) groups is 2. The summed E-state index contributed by atoms with van der Waals surface area (Å²) in [6, 6.07) is 10.6. The third kappa shape index (κ3) is 4.96. The predicted molar refractivity (Wildman–Crippen MR) is 88.3 cm³/mol. The van der Waals surface area contributed by atoms with Crippen molar-refractivity contribution in [2.24, 2.45) is 0 Å². The van der Waals surface area contributed by atoms with Crippen LogP contribution in [0, 0.1) is 5.82 Å². The van der Waals surface area contributed by atoms with Crippen LogP contribution in [0.1, 0.15) is 22.3 Å². The van der Waals surface area contributed by atoms with Gasteiger partial charge in [-0.2, -0.15) is 0 Å². The summed E-state index contributed by atoms with van der Waals surface area (Å²) in [7, 11) is 1.42. The van der Waals surface area contributed by atoms with Crippen LogP contribution in [0.4, 0.5) is 4.39 Å². The first-order valence-corrected chi connectivity index (χ1v) is 7.54. The van der Waals surface area contributed by atoms with Crippen LogP contribution in [0.3, 0.4) is 0 Å². The van der Waals surface area contributed by atoms with Crippen LogP contribution < -0.4 is 15.6 Å². The van der Waals surface area contributed by atoms with E-state index in [4.69, 9.17) is 16.3 Å². The highest BCUT2D eigenvalue weighted by Gasteiger charge is 2.13. The van der Waals surface area contributed by atoms with E-state index in [2.05, 4.69) is 10.9 Å². The van der Waals surface area contributed by atoms with Crippen molar-refractivity contribution >= 4 is 23.4 Å². The quantitative estimate of drug-likeness (QED) is 0.815. The van der Waals surface area contributed by atoms with E-state index in [1.54, 1.807) is 18.2 Å². The van der Waals surface area contributed by atoms with Gasteiger partial charge in [-0.05, 0) is 42.3 Å². The molecule has 0 aliphatic rings. The molecule has 0 fully saturated rings. The number of ether oxygens (including phenoxy) is 1. The number of rotatable bonds is 5. The van der Waals surface area contributed by atoms with Gasteiger partial charge in [-0.3, -0.25) is 20.4 Å². The van der Waals surface area contributed by atoms with Gasteiger partial charge in [-0.15, -0.1) is 0 Å². The van der Waals surface area contributed by atoms with Crippen molar-refractivity contribution in [1.29, 1.82) is 0 Å². The predicted octanol–water partition coefficient (Wildman–Crippen LogP) is 2.88. The number of nitrogens with one attached hydrogen (secondary N) is 2. The molecule has 0 saturated carbocycles. The molecule has 126 valence electrons. The van der Waals surface area contributed by atoms with Gasteiger partial charge >= 0.3 is 0 Å². The fourth-order valence-electron chi connectivity index (χ4n) is 2.06. The molecule has 2 rings (SSSR count). The molecule has 2 aromatic carbocycles. The first-order valence-electron chi connectivity index (χ1n) is 7.17. The van der Waals surface area contributed by atoms with Gasteiger partial charge in [-0.1, -0.05) is 23.7 Å². The van der Waals surface area contributed by atoms with E-state index in [9.17, 15) is 14.0 Å². The summed E-state index contributed by atoms with van der Waals surface area (Å²) in [5.74, 6) is -0.965. The molecule has 0 aromatic heterocycles. The highest BCUT2D eigenvalue weighted by molar-refractivity contribution is 6.30. The summed E-state index contributed by atoms with van der Waals surface area (Å²) in [4.78, 5) is 23.8. The number of methoxy groups -OCH3 is 1. The molecule has 0 atom stereocenters. The number of benzene rings is 2. The monoisotopic (exact) mass is 350 g/mol. The molecular formula is C17H16ClFN2O3. The van der Waals surface area contributed by atoms with E-state index in [1.807, 2.05) is 0 Å². The molecule has 0 bridgehead atoms. The van der Waals surface area contributed by atoms with Gasteiger partial charge in [0.1, 0.15) is 11.6 Å². The zero-order valence-corrected chi connectivity index (χ0v) is 13.7. The van der Waals surface area contributed by atoms with Crippen LogP contribution in [0.15, 0.2) is 42.5 Å². The highest BCUT2D eigenvalue weighted by atomic mass is 35.5. The van der Waals surface area contributed by atoms with Gasteiger partial charge in [0.2, 0.25) is 5.91 Å². The van der Waals surface area contributed by atoms with Crippen LogP contribution in [0.25, 0.3) is 0 Å². The second kappa shape index (κ2) is 8.31. The smallest absolute Gasteiger partial charge is 0.273 e. The molecule has 2 amide bonds. The number of halogens is 2. The molecule has 0 unspecified atom stereocenters. The minimum atomic E-state index is -0.525. The Hall–Kier alpha value is -2.60. The van der Waals surface area contributed by atoms with Crippen molar-refractivity contribution in [2.75, 3.05) is 7.11 Å². The van der Waals surface area contributed by atoms with Gasteiger partial charge in [0.15, 0.2) is 0 Å². The zero-order chi connectivity index (χ0) is 17.5. The van der Waals surface area contributed by atoms with E-state index in [0.717, 1.165) is 0 Å². The summed E-state index contributed by atoms with van der Waals surface area (Å²) in [5, 5.41) is 0.433. The van der Waals surface area contributed by atoms with Crippen molar-refractivity contribution in [3.05, 3.63) is 64.4 Å². The lowest BCUT2D eigenvalue weighted by Gasteiger charge is -2.10. The van der Waals surface area contributed by atoms with E-state index >= 15 is 0 Å². The number of hydrogen-bond donors (Lipinski definition) is 2. The van der Waals surface area contributed by atoms with Gasteiger partial charge in [0.25, 0.3) is 5.91 Å². The van der Waals surface area contributed by atoms with Gasteiger partial charge in [0.05, 0.1) is 12.7 Å². The minimum absolute atomic E-state index is 0.113. The molecule has 7 heteroatoms. The van der Waals surface area contributed by atoms with E-state index in [0.29, 0.717) is 22.8 Å². The van der Waals surface area contributed by atoms with Crippen LogP contribution in [-0.4, -0.2) is 18.9 Å². The molecular weight excluding hydrogens is 335 g/mol. The standard InChI is InChI=1S/C17H16ClFN2O3/c1-24-15-10-12(18)6-7-14(15)17(23)21-20-16(22)8-5-11-3-2-4-13(19)9-11/h2-4,6-7,9-10H,5,8H2,1H3,(H,20,22)(H,21,23). The van der Waals surface area contributed by atoms with Crippen molar-refractivity contribution in [3.63, 3.8) is 0 Å². The van der Waals surface area contributed by atoms with Crippen LogP contribution in [0.2, 0.25) is 5.02 Å². The van der Waals surface area contributed by atoms with Crippen molar-refractivity contribution in [2.45, 2.75) is 12.8 Å². The maximum atomic E-state index is 13.1. The van der Waals surface area contributed by atoms with Crippen molar-refractivity contribution in [1.82, 2.24) is 10.9 Å². The lowest BCUT2D eigenvalue weighted by atomic mass is 10.1. The first-order chi connectivity index (χ1) is 11.5. The maximum absolute atomic E-state index is 13.1. The van der Waals surface area contributed by atoms with E-state index in [-0.39, 0.29) is 23.7 Å². The summed E-state index contributed by atoms with van der Waals surface area (Å²) < 4.78 is 18.1. The van der Waals surface area contributed by atoms with Crippen LogP contribution >= 0.6 is 11.6 Å². The highest BCUT2D eigenvalue weighted by Crippen LogP contribution is 2.22. The number of hydrazine groups is 1. The lowest BCUT2D eigenvalue weighted by molar-refractivity contribution is -0.121.